The number of rotatable bonds is 11. The predicted octanol–water partition coefficient (Wildman–Crippen LogP) is 5.53. The Morgan fingerprint density at radius 1 is 0.875 bits per heavy atom. The number of aromatic nitrogens is 2. The van der Waals surface area contributed by atoms with Crippen LogP contribution in [0.25, 0.3) is 11.8 Å². The van der Waals surface area contributed by atoms with Gasteiger partial charge in [-0.2, -0.15) is 0 Å². The highest BCUT2D eigenvalue weighted by Gasteiger charge is 2.19. The van der Waals surface area contributed by atoms with Gasteiger partial charge in [-0.25, -0.2) is 4.68 Å². The fourth-order valence-electron chi connectivity index (χ4n) is 4.70. The Hall–Kier alpha value is -6.21. The fourth-order valence-corrected chi connectivity index (χ4v) is 5.46. The van der Waals surface area contributed by atoms with E-state index in [-0.39, 0.29) is 34.3 Å². The van der Waals surface area contributed by atoms with Crippen molar-refractivity contribution >= 4 is 52.6 Å². The van der Waals surface area contributed by atoms with Crippen LogP contribution in [-0.4, -0.2) is 37.8 Å². The first-order valence-corrected chi connectivity index (χ1v) is 15.6. The van der Waals surface area contributed by atoms with Crippen LogP contribution in [0.3, 0.4) is 0 Å². The van der Waals surface area contributed by atoms with E-state index >= 15 is 0 Å². The number of para-hydroxylation sites is 1. The average Bonchev–Trinajstić information content (AvgIpc) is 3.30. The van der Waals surface area contributed by atoms with Crippen molar-refractivity contribution in [2.24, 2.45) is 7.05 Å². The molecule has 3 N–H and O–H groups in total. The van der Waals surface area contributed by atoms with E-state index < -0.39 is 16.7 Å². The van der Waals surface area contributed by atoms with E-state index in [2.05, 4.69) is 16.0 Å². The lowest BCUT2D eigenvalue weighted by Crippen LogP contribution is -2.30. The minimum Gasteiger partial charge on any atom is -0.321 e. The normalized spacial score (nSPS) is 11.1. The lowest BCUT2D eigenvalue weighted by atomic mass is 10.1. The summed E-state index contributed by atoms with van der Waals surface area (Å²) >= 11 is 1.21. The summed E-state index contributed by atoms with van der Waals surface area (Å²) in [5, 5.41) is 19.2. The van der Waals surface area contributed by atoms with Gasteiger partial charge in [0.25, 0.3) is 23.1 Å². The number of nitrogens with zero attached hydrogens (tertiary/aromatic N) is 3. The Kier molecular flexibility index (Phi) is 10.3. The molecule has 0 spiro atoms. The summed E-state index contributed by atoms with van der Waals surface area (Å²) in [6, 6.07) is 29.8. The molecule has 0 aliphatic rings. The van der Waals surface area contributed by atoms with Crippen LogP contribution in [-0.2, 0) is 16.6 Å². The maximum absolute atomic E-state index is 13.4. The summed E-state index contributed by atoms with van der Waals surface area (Å²) < 4.78 is 3.16. The average molecular weight is 663 g/mol. The first-order valence-electron chi connectivity index (χ1n) is 14.6. The highest BCUT2D eigenvalue weighted by atomic mass is 32.2. The van der Waals surface area contributed by atoms with Crippen LogP contribution in [0.1, 0.15) is 21.6 Å². The summed E-state index contributed by atoms with van der Waals surface area (Å²) in [5.41, 5.74) is 2.11. The number of carbonyl (C=O) groups excluding carboxylic acids is 3. The number of nitrogens with one attached hydrogen (secondary N) is 3. The molecule has 4 aromatic carbocycles. The van der Waals surface area contributed by atoms with Crippen molar-refractivity contribution in [2.45, 2.75) is 11.8 Å². The molecule has 0 bridgehead atoms. The van der Waals surface area contributed by atoms with Crippen LogP contribution >= 0.6 is 11.8 Å². The Labute approximate surface area is 279 Å². The lowest BCUT2D eigenvalue weighted by Gasteiger charge is -2.12. The number of nitro groups is 1. The summed E-state index contributed by atoms with van der Waals surface area (Å²) in [7, 11) is 1.74. The molecule has 0 atom stereocenters. The molecule has 0 radical (unpaired) electrons. The third-order valence-electron chi connectivity index (χ3n) is 7.22. The van der Waals surface area contributed by atoms with Crippen molar-refractivity contribution in [1.82, 2.24) is 14.7 Å². The minimum atomic E-state index is -0.633. The van der Waals surface area contributed by atoms with Crippen molar-refractivity contribution in [2.75, 3.05) is 16.4 Å². The van der Waals surface area contributed by atoms with Crippen LogP contribution in [0.5, 0.6) is 0 Å². The van der Waals surface area contributed by atoms with E-state index in [1.54, 1.807) is 85.4 Å². The number of thioether (sulfide) groups is 1. The number of hydrogen-bond donors (Lipinski definition) is 3. The van der Waals surface area contributed by atoms with E-state index in [9.17, 15) is 29.3 Å². The zero-order valence-corrected chi connectivity index (χ0v) is 26.7. The van der Waals surface area contributed by atoms with E-state index in [0.29, 0.717) is 33.1 Å². The van der Waals surface area contributed by atoms with Gasteiger partial charge in [-0.3, -0.25) is 34.0 Å². The molecule has 1 heterocycles. The van der Waals surface area contributed by atoms with Gasteiger partial charge in [-0.15, -0.1) is 11.8 Å². The Bertz CT molecular complexity index is 2070. The van der Waals surface area contributed by atoms with Gasteiger partial charge in [-0.1, -0.05) is 42.5 Å². The monoisotopic (exact) mass is 662 g/mol. The number of nitro benzene ring substituents is 1. The standard InChI is InChI=1S/C35H30N6O6S/c1-23-32(35(45)40(39(23)2)27-13-7-4-8-14-27)38-31(42)22-48-29-15-9-12-26(21-29)36-34(44)30(37-33(43)25-10-5-3-6-11-25)20-24-16-18-28(19-17-24)41(46)47/h3-21H,22H2,1-2H3,(H,36,44)(H,37,43)(H,38,42)/b30-20+. The fraction of sp³-hybridized carbons (Fsp3) is 0.0857. The third kappa shape index (κ3) is 7.95. The van der Waals surface area contributed by atoms with Gasteiger partial charge >= 0.3 is 0 Å². The second kappa shape index (κ2) is 14.9. The first kappa shape index (κ1) is 33.2. The summed E-state index contributed by atoms with van der Waals surface area (Å²) in [6.07, 6.45) is 1.42. The van der Waals surface area contributed by atoms with Gasteiger partial charge in [0.2, 0.25) is 5.91 Å². The van der Waals surface area contributed by atoms with Crippen molar-refractivity contribution in [3.05, 3.63) is 152 Å². The van der Waals surface area contributed by atoms with E-state index in [1.807, 2.05) is 18.2 Å². The maximum atomic E-state index is 13.4. The van der Waals surface area contributed by atoms with Gasteiger partial charge in [0.05, 0.1) is 22.1 Å². The smallest absolute Gasteiger partial charge is 0.295 e. The zero-order chi connectivity index (χ0) is 34.2. The summed E-state index contributed by atoms with van der Waals surface area (Å²) in [4.78, 5) is 63.6. The molecule has 0 aliphatic carbocycles. The molecule has 5 rings (SSSR count). The van der Waals surface area contributed by atoms with Gasteiger partial charge in [0, 0.05) is 35.3 Å². The van der Waals surface area contributed by atoms with Gasteiger partial charge in [0.1, 0.15) is 11.4 Å². The Morgan fingerprint density at radius 2 is 1.54 bits per heavy atom. The summed E-state index contributed by atoms with van der Waals surface area (Å²) in [6.45, 7) is 1.75. The SMILES string of the molecule is Cc1c(NC(=O)CSc2cccc(NC(=O)/C(=C\c3ccc([N+](=O)[O-])cc3)NC(=O)c3ccccc3)c2)c(=O)n(-c2ccccc2)n1C. The van der Waals surface area contributed by atoms with Crippen LogP contribution < -0.4 is 21.5 Å². The first-order chi connectivity index (χ1) is 23.1. The van der Waals surface area contributed by atoms with Crippen LogP contribution in [0.15, 0.2) is 125 Å². The topological polar surface area (TPSA) is 157 Å². The van der Waals surface area contributed by atoms with Crippen LogP contribution in [0.2, 0.25) is 0 Å². The minimum absolute atomic E-state index is 0.00502. The molecule has 5 aromatic rings. The Balaban J connectivity index is 1.28. The van der Waals surface area contributed by atoms with Gasteiger partial charge in [-0.05, 0) is 73.2 Å². The highest BCUT2D eigenvalue weighted by molar-refractivity contribution is 8.00. The molecule has 242 valence electrons. The molecule has 0 saturated carbocycles. The van der Waals surface area contributed by atoms with Crippen molar-refractivity contribution in [3.8, 4) is 5.69 Å². The molecule has 0 unspecified atom stereocenters. The zero-order valence-electron chi connectivity index (χ0n) is 25.9. The number of amides is 3. The number of hydrogen-bond acceptors (Lipinski definition) is 7. The molecular weight excluding hydrogens is 632 g/mol. The van der Waals surface area contributed by atoms with Crippen LogP contribution in [0, 0.1) is 17.0 Å². The molecule has 0 aliphatic heterocycles. The molecule has 1 aromatic heterocycles. The Morgan fingerprint density at radius 3 is 2.21 bits per heavy atom. The van der Waals surface area contributed by atoms with E-state index in [1.165, 1.54) is 46.8 Å². The van der Waals surface area contributed by atoms with Crippen LogP contribution in [0.4, 0.5) is 17.1 Å². The van der Waals surface area contributed by atoms with Gasteiger partial charge in [0.15, 0.2) is 0 Å². The highest BCUT2D eigenvalue weighted by Crippen LogP contribution is 2.23. The second-order valence-electron chi connectivity index (χ2n) is 10.5. The van der Waals surface area contributed by atoms with Crippen molar-refractivity contribution in [3.63, 3.8) is 0 Å². The number of anilines is 2. The maximum Gasteiger partial charge on any atom is 0.295 e. The second-order valence-corrected chi connectivity index (χ2v) is 11.5. The number of non-ortho nitro benzene ring substituents is 1. The number of benzene rings is 4. The van der Waals surface area contributed by atoms with Crippen molar-refractivity contribution < 1.29 is 19.3 Å². The quantitative estimate of drug-likeness (QED) is 0.0726. The summed E-state index contributed by atoms with van der Waals surface area (Å²) in [5.74, 6) is -1.53. The molecular formula is C35H30N6O6S. The molecule has 0 saturated heterocycles. The number of carbonyl (C=O) groups is 3. The predicted molar refractivity (Wildman–Crippen MR) is 185 cm³/mol. The molecule has 12 nitrogen and oxygen atoms in total. The van der Waals surface area contributed by atoms with E-state index in [0.717, 1.165) is 0 Å². The molecule has 3 amide bonds. The van der Waals surface area contributed by atoms with Gasteiger partial charge < -0.3 is 16.0 Å². The third-order valence-corrected chi connectivity index (χ3v) is 8.22. The van der Waals surface area contributed by atoms with Crippen molar-refractivity contribution in [1.29, 1.82) is 0 Å². The van der Waals surface area contributed by atoms with E-state index in [4.69, 9.17) is 0 Å². The molecule has 13 heteroatoms. The molecule has 0 fully saturated rings. The largest absolute Gasteiger partial charge is 0.321 e. The lowest BCUT2D eigenvalue weighted by molar-refractivity contribution is -0.384. The molecule has 48 heavy (non-hydrogen) atoms.